The van der Waals surface area contributed by atoms with Gasteiger partial charge in [0.1, 0.15) is 33.2 Å². The van der Waals surface area contributed by atoms with Gasteiger partial charge in [0.05, 0.1) is 0 Å². The Balaban J connectivity index is 3.27. The molecule has 0 aromatic heterocycles. The first kappa shape index (κ1) is 21.2. The molecule has 132 valence electrons. The lowest BCUT2D eigenvalue weighted by Crippen LogP contribution is -2.62. The molecule has 22 heavy (non-hydrogen) atoms. The molecular weight excluding hydrogens is 342 g/mol. The Kier molecular flexibility index (Phi) is 7.71. The van der Waals surface area contributed by atoms with Gasteiger partial charge in [0.15, 0.2) is 0 Å². The SMILES string of the molecule is CCN(CC)P1N([Si](C)(C)C)P(N(CC)CC)N1[Si](C)(C)C. The standard InChI is InChI=1S/C14H38N4P2Si2/c1-11-15(12-2)19-17(21(5,6)7)20(16(13-3)14-4)18(19)22(8,9)10/h11-14H2,1-10H3. The van der Waals surface area contributed by atoms with Crippen molar-refractivity contribution in [2.75, 3.05) is 26.2 Å². The second-order valence-electron chi connectivity index (χ2n) is 7.73. The van der Waals surface area contributed by atoms with Crippen LogP contribution in [-0.4, -0.2) is 60.2 Å². The van der Waals surface area contributed by atoms with Gasteiger partial charge in [0, 0.05) is 26.2 Å². The number of hydrogen-bond acceptors (Lipinski definition) is 4. The molecule has 0 saturated carbocycles. The molecule has 0 aliphatic carbocycles. The van der Waals surface area contributed by atoms with Crippen molar-refractivity contribution in [1.82, 2.24) is 17.6 Å². The van der Waals surface area contributed by atoms with Crippen LogP contribution >= 0.6 is 16.7 Å². The Hall–Kier alpha value is 1.13. The first-order valence-corrected chi connectivity index (χ1v) is 18.0. The Labute approximate surface area is 144 Å². The summed E-state index contributed by atoms with van der Waals surface area (Å²) >= 11 is 0. The van der Waals surface area contributed by atoms with Gasteiger partial charge in [-0.25, -0.2) is 8.21 Å². The Bertz CT molecular complexity index is 310. The molecule has 0 bridgehead atoms. The second-order valence-corrected chi connectivity index (χ2v) is 23.3. The number of hydrogen-bond donors (Lipinski definition) is 0. The third-order valence-electron chi connectivity index (χ3n) is 3.84. The summed E-state index contributed by atoms with van der Waals surface area (Å²) in [5.74, 6) is 0. The highest BCUT2D eigenvalue weighted by atomic mass is 31.3. The third kappa shape index (κ3) is 4.21. The fourth-order valence-corrected chi connectivity index (χ4v) is 20.6. The summed E-state index contributed by atoms with van der Waals surface area (Å²) in [7, 11) is -3.12. The zero-order valence-electron chi connectivity index (χ0n) is 16.5. The summed E-state index contributed by atoms with van der Waals surface area (Å²) in [6.07, 6.45) is 0. The molecule has 1 heterocycles. The van der Waals surface area contributed by atoms with Crippen molar-refractivity contribution in [2.24, 2.45) is 0 Å². The molecule has 0 aromatic carbocycles. The summed E-state index contributed by atoms with van der Waals surface area (Å²) in [5, 5.41) is 0. The van der Waals surface area contributed by atoms with Gasteiger partial charge in [-0.05, 0) is 0 Å². The van der Waals surface area contributed by atoms with Crippen molar-refractivity contribution in [3.63, 3.8) is 0 Å². The van der Waals surface area contributed by atoms with Gasteiger partial charge in [-0.3, -0.25) is 9.34 Å². The van der Waals surface area contributed by atoms with Gasteiger partial charge < -0.3 is 0 Å². The van der Waals surface area contributed by atoms with E-state index in [1.165, 1.54) is 26.2 Å². The highest BCUT2D eigenvalue weighted by Crippen LogP contribution is 2.81. The van der Waals surface area contributed by atoms with E-state index in [-0.39, 0.29) is 16.7 Å². The van der Waals surface area contributed by atoms with Crippen molar-refractivity contribution < 1.29 is 0 Å². The fraction of sp³-hybridized carbons (Fsp3) is 1.00. The highest BCUT2D eigenvalue weighted by molar-refractivity contribution is 7.85. The van der Waals surface area contributed by atoms with Crippen molar-refractivity contribution >= 4 is 33.2 Å². The van der Waals surface area contributed by atoms with Gasteiger partial charge in [0.2, 0.25) is 0 Å². The smallest absolute Gasteiger partial charge is 0.134 e. The van der Waals surface area contributed by atoms with Crippen LogP contribution in [0.15, 0.2) is 0 Å². The zero-order chi connectivity index (χ0) is 17.3. The summed E-state index contributed by atoms with van der Waals surface area (Å²) < 4.78 is 11.5. The van der Waals surface area contributed by atoms with Crippen LogP contribution in [0.1, 0.15) is 27.7 Å². The summed E-state index contributed by atoms with van der Waals surface area (Å²) in [4.78, 5) is 0. The second kappa shape index (κ2) is 8.01. The molecular formula is C14H38N4P2Si2. The molecule has 1 fully saturated rings. The lowest BCUT2D eigenvalue weighted by Gasteiger charge is -2.68. The van der Waals surface area contributed by atoms with Gasteiger partial charge in [-0.1, -0.05) is 67.0 Å². The van der Waals surface area contributed by atoms with Crippen molar-refractivity contribution in [2.45, 2.75) is 67.0 Å². The molecule has 0 spiro atoms. The van der Waals surface area contributed by atoms with E-state index >= 15 is 0 Å². The van der Waals surface area contributed by atoms with Crippen LogP contribution in [0.25, 0.3) is 0 Å². The van der Waals surface area contributed by atoms with Crippen molar-refractivity contribution in [3.05, 3.63) is 0 Å². The van der Waals surface area contributed by atoms with Gasteiger partial charge in [0.25, 0.3) is 0 Å². The molecule has 1 saturated heterocycles. The van der Waals surface area contributed by atoms with Crippen LogP contribution < -0.4 is 0 Å². The Morgan fingerprint density at radius 2 is 0.818 bits per heavy atom. The molecule has 0 amide bonds. The third-order valence-corrected chi connectivity index (χ3v) is 21.0. The van der Waals surface area contributed by atoms with E-state index in [9.17, 15) is 0 Å². The van der Waals surface area contributed by atoms with E-state index in [0.717, 1.165) is 0 Å². The maximum Gasteiger partial charge on any atom is 0.134 e. The first-order chi connectivity index (χ1) is 10.0. The minimum absolute atomic E-state index is 0.237. The van der Waals surface area contributed by atoms with Crippen LogP contribution in [0, 0.1) is 0 Å². The molecule has 0 aromatic rings. The van der Waals surface area contributed by atoms with Crippen molar-refractivity contribution in [3.8, 4) is 0 Å². The summed E-state index contributed by atoms with van der Waals surface area (Å²) in [6.45, 7) is 29.2. The normalized spacial score (nSPS) is 25.1. The van der Waals surface area contributed by atoms with Crippen LogP contribution in [0.2, 0.25) is 39.3 Å². The summed E-state index contributed by atoms with van der Waals surface area (Å²) in [5.41, 5.74) is 0. The van der Waals surface area contributed by atoms with Crippen LogP contribution in [0.4, 0.5) is 0 Å². The Morgan fingerprint density at radius 1 is 0.591 bits per heavy atom. The van der Waals surface area contributed by atoms with E-state index in [4.69, 9.17) is 0 Å². The molecule has 0 unspecified atom stereocenters. The van der Waals surface area contributed by atoms with E-state index in [1.807, 2.05) is 0 Å². The minimum atomic E-state index is -1.32. The maximum absolute atomic E-state index is 3.00. The largest absolute Gasteiger partial charge is 0.258 e. The van der Waals surface area contributed by atoms with Crippen LogP contribution in [0.5, 0.6) is 0 Å². The molecule has 8 heteroatoms. The van der Waals surface area contributed by atoms with E-state index < -0.39 is 16.5 Å². The Morgan fingerprint density at radius 3 is 0.955 bits per heavy atom. The van der Waals surface area contributed by atoms with Crippen LogP contribution in [-0.2, 0) is 0 Å². The molecule has 0 N–H and O–H groups in total. The summed E-state index contributed by atoms with van der Waals surface area (Å²) in [6, 6.07) is 0. The van der Waals surface area contributed by atoms with Gasteiger partial charge in [-0.15, -0.1) is 0 Å². The molecule has 1 rings (SSSR count). The minimum Gasteiger partial charge on any atom is -0.258 e. The lowest BCUT2D eigenvalue weighted by atomic mass is 10.7. The maximum atomic E-state index is 3.00. The first-order valence-electron chi connectivity index (χ1n) is 8.74. The highest BCUT2D eigenvalue weighted by Gasteiger charge is 2.59. The number of rotatable bonds is 8. The zero-order valence-corrected chi connectivity index (χ0v) is 20.3. The predicted molar refractivity (Wildman–Crippen MR) is 110 cm³/mol. The van der Waals surface area contributed by atoms with Gasteiger partial charge >= 0.3 is 0 Å². The molecule has 1 aliphatic heterocycles. The quantitative estimate of drug-likeness (QED) is 0.412. The van der Waals surface area contributed by atoms with E-state index in [2.05, 4.69) is 84.5 Å². The van der Waals surface area contributed by atoms with Crippen molar-refractivity contribution in [1.29, 1.82) is 0 Å². The average Bonchev–Trinajstić information content (AvgIpc) is 2.34. The topological polar surface area (TPSA) is 13.0 Å². The lowest BCUT2D eigenvalue weighted by molar-refractivity contribution is 0.428. The molecule has 1 aliphatic rings. The predicted octanol–water partition coefficient (Wildman–Crippen LogP) is 5.41. The van der Waals surface area contributed by atoms with Gasteiger partial charge in [-0.2, -0.15) is 0 Å². The van der Waals surface area contributed by atoms with E-state index in [0.29, 0.717) is 0 Å². The number of nitrogens with zero attached hydrogens (tertiary/aromatic N) is 4. The molecule has 0 radical (unpaired) electrons. The van der Waals surface area contributed by atoms with Crippen LogP contribution in [0.3, 0.4) is 0 Å². The average molecular weight is 381 g/mol. The van der Waals surface area contributed by atoms with E-state index in [1.54, 1.807) is 0 Å². The fourth-order valence-electron chi connectivity index (χ4n) is 2.78. The molecule has 0 atom stereocenters. The monoisotopic (exact) mass is 380 g/mol. The molecule has 4 nitrogen and oxygen atoms in total.